The maximum absolute atomic E-state index is 14.3. The summed E-state index contributed by atoms with van der Waals surface area (Å²) in [6.07, 6.45) is 6.91. The van der Waals surface area contributed by atoms with E-state index < -0.39 is 0 Å². The number of aryl methyl sites for hydroxylation is 2. The standard InChI is InChI=1S/C17H19FN6/c1-12-21-17-5-3-14(10-24(17)22-12)20-9-13-2-4-16(15(18)8-13)23-7-6-19-11-23/h2,4,6-8,11,14,20H,3,5,9-10H2,1H3. The molecule has 6 nitrogen and oxygen atoms in total. The highest BCUT2D eigenvalue weighted by atomic mass is 19.1. The van der Waals surface area contributed by atoms with Gasteiger partial charge in [-0.1, -0.05) is 6.07 Å². The van der Waals surface area contributed by atoms with Crippen LogP contribution in [0.3, 0.4) is 0 Å². The number of nitrogens with one attached hydrogen (secondary N) is 1. The molecule has 1 aromatic carbocycles. The van der Waals surface area contributed by atoms with E-state index in [1.165, 1.54) is 0 Å². The Kier molecular flexibility index (Phi) is 3.86. The van der Waals surface area contributed by atoms with Gasteiger partial charge in [0.05, 0.1) is 18.6 Å². The van der Waals surface area contributed by atoms with E-state index in [9.17, 15) is 4.39 Å². The summed E-state index contributed by atoms with van der Waals surface area (Å²) in [5, 5.41) is 7.90. The number of halogens is 1. The van der Waals surface area contributed by atoms with Crippen LogP contribution in [-0.4, -0.2) is 30.4 Å². The zero-order valence-electron chi connectivity index (χ0n) is 13.5. The Balaban J connectivity index is 1.41. The number of hydrogen-bond donors (Lipinski definition) is 1. The molecule has 0 fully saturated rings. The third-order valence-corrected chi connectivity index (χ3v) is 4.35. The van der Waals surface area contributed by atoms with Crippen molar-refractivity contribution in [3.05, 3.63) is 59.9 Å². The first-order valence-corrected chi connectivity index (χ1v) is 8.09. The SMILES string of the molecule is Cc1nc2n(n1)CC(NCc1ccc(-n3ccnc3)c(F)c1)CC2. The van der Waals surface area contributed by atoms with Crippen molar-refractivity contribution in [3.63, 3.8) is 0 Å². The Morgan fingerprint density at radius 1 is 1.38 bits per heavy atom. The van der Waals surface area contributed by atoms with E-state index in [0.717, 1.165) is 36.6 Å². The summed E-state index contributed by atoms with van der Waals surface area (Å²) in [7, 11) is 0. The van der Waals surface area contributed by atoms with Crippen LogP contribution < -0.4 is 5.32 Å². The van der Waals surface area contributed by atoms with Gasteiger partial charge >= 0.3 is 0 Å². The number of hydrogen-bond acceptors (Lipinski definition) is 4. The molecule has 1 N–H and O–H groups in total. The lowest BCUT2D eigenvalue weighted by atomic mass is 10.1. The predicted octanol–water partition coefficient (Wildman–Crippen LogP) is 2.02. The predicted molar refractivity (Wildman–Crippen MR) is 87.2 cm³/mol. The average molecular weight is 326 g/mol. The minimum atomic E-state index is -0.245. The third-order valence-electron chi connectivity index (χ3n) is 4.35. The Morgan fingerprint density at radius 2 is 2.29 bits per heavy atom. The second kappa shape index (κ2) is 6.16. The van der Waals surface area contributed by atoms with E-state index in [1.54, 1.807) is 35.4 Å². The van der Waals surface area contributed by atoms with Crippen LogP contribution in [0.25, 0.3) is 5.69 Å². The van der Waals surface area contributed by atoms with Crippen molar-refractivity contribution in [2.24, 2.45) is 0 Å². The van der Waals surface area contributed by atoms with Crippen LogP contribution >= 0.6 is 0 Å². The van der Waals surface area contributed by atoms with E-state index in [1.807, 2.05) is 17.7 Å². The van der Waals surface area contributed by atoms with E-state index >= 15 is 0 Å². The molecule has 0 aliphatic carbocycles. The fourth-order valence-corrected chi connectivity index (χ4v) is 3.13. The Labute approximate surface area is 139 Å². The van der Waals surface area contributed by atoms with Crippen LogP contribution in [0.4, 0.5) is 4.39 Å². The Morgan fingerprint density at radius 3 is 3.08 bits per heavy atom. The van der Waals surface area contributed by atoms with E-state index in [2.05, 4.69) is 20.4 Å². The first-order valence-electron chi connectivity index (χ1n) is 8.09. The minimum absolute atomic E-state index is 0.245. The van der Waals surface area contributed by atoms with Crippen LogP contribution in [-0.2, 0) is 19.5 Å². The summed E-state index contributed by atoms with van der Waals surface area (Å²) in [5.74, 6) is 1.63. The first kappa shape index (κ1) is 15.0. The molecule has 4 rings (SSSR count). The highest BCUT2D eigenvalue weighted by molar-refractivity contribution is 5.36. The maximum Gasteiger partial charge on any atom is 0.147 e. The lowest BCUT2D eigenvalue weighted by Gasteiger charge is -2.23. The second-order valence-electron chi connectivity index (χ2n) is 6.13. The van der Waals surface area contributed by atoms with Crippen LogP contribution in [0, 0.1) is 12.7 Å². The molecule has 0 radical (unpaired) electrons. The number of nitrogens with zero attached hydrogens (tertiary/aromatic N) is 5. The molecule has 0 saturated heterocycles. The molecule has 124 valence electrons. The normalized spacial score (nSPS) is 17.0. The van der Waals surface area contributed by atoms with Gasteiger partial charge in [-0.25, -0.2) is 19.0 Å². The fourth-order valence-electron chi connectivity index (χ4n) is 3.13. The van der Waals surface area contributed by atoms with Gasteiger partial charge in [0.1, 0.15) is 17.5 Å². The molecule has 3 heterocycles. The molecule has 1 aliphatic heterocycles. The van der Waals surface area contributed by atoms with Crippen molar-refractivity contribution in [2.75, 3.05) is 0 Å². The van der Waals surface area contributed by atoms with Crippen molar-refractivity contribution in [2.45, 2.75) is 38.9 Å². The molecule has 1 unspecified atom stereocenters. The fraction of sp³-hybridized carbons (Fsp3) is 0.353. The molecular formula is C17H19FN6. The molecule has 0 bridgehead atoms. The molecule has 0 saturated carbocycles. The molecule has 1 aliphatic rings. The van der Waals surface area contributed by atoms with Gasteiger partial charge in [-0.2, -0.15) is 5.10 Å². The van der Waals surface area contributed by atoms with Crippen molar-refractivity contribution in [1.82, 2.24) is 29.6 Å². The number of fused-ring (bicyclic) bond motifs is 1. The van der Waals surface area contributed by atoms with Gasteiger partial charge in [-0.15, -0.1) is 0 Å². The molecule has 0 spiro atoms. The van der Waals surface area contributed by atoms with Crippen molar-refractivity contribution >= 4 is 0 Å². The molecule has 3 aromatic rings. The summed E-state index contributed by atoms with van der Waals surface area (Å²) in [6.45, 7) is 3.36. The van der Waals surface area contributed by atoms with Gasteiger partial charge < -0.3 is 9.88 Å². The second-order valence-corrected chi connectivity index (χ2v) is 6.13. The Hall–Kier alpha value is -2.54. The van der Waals surface area contributed by atoms with E-state index in [4.69, 9.17) is 0 Å². The summed E-state index contributed by atoms with van der Waals surface area (Å²) in [5.41, 5.74) is 1.44. The highest BCUT2D eigenvalue weighted by Gasteiger charge is 2.20. The van der Waals surface area contributed by atoms with Crippen LogP contribution in [0.2, 0.25) is 0 Å². The van der Waals surface area contributed by atoms with Crippen molar-refractivity contribution < 1.29 is 4.39 Å². The summed E-state index contributed by atoms with van der Waals surface area (Å²) in [4.78, 5) is 8.37. The monoisotopic (exact) mass is 326 g/mol. The molecule has 24 heavy (non-hydrogen) atoms. The molecule has 0 amide bonds. The minimum Gasteiger partial charge on any atom is -0.308 e. The quantitative estimate of drug-likeness (QED) is 0.797. The first-order chi connectivity index (χ1) is 11.7. The lowest BCUT2D eigenvalue weighted by molar-refractivity contribution is 0.357. The zero-order valence-corrected chi connectivity index (χ0v) is 13.5. The Bertz CT molecular complexity index is 839. The van der Waals surface area contributed by atoms with Crippen LogP contribution in [0.5, 0.6) is 0 Å². The van der Waals surface area contributed by atoms with Gasteiger partial charge in [0.25, 0.3) is 0 Å². The molecule has 7 heteroatoms. The van der Waals surface area contributed by atoms with Gasteiger partial charge in [0.2, 0.25) is 0 Å². The van der Waals surface area contributed by atoms with Crippen LogP contribution in [0.15, 0.2) is 36.9 Å². The number of benzene rings is 1. The zero-order chi connectivity index (χ0) is 16.5. The van der Waals surface area contributed by atoms with E-state index in [0.29, 0.717) is 18.3 Å². The van der Waals surface area contributed by atoms with Gasteiger partial charge in [-0.3, -0.25) is 0 Å². The summed E-state index contributed by atoms with van der Waals surface area (Å²) < 4.78 is 17.9. The van der Waals surface area contributed by atoms with Gasteiger partial charge in [0.15, 0.2) is 0 Å². The van der Waals surface area contributed by atoms with Crippen molar-refractivity contribution in [1.29, 1.82) is 0 Å². The molecule has 2 aromatic heterocycles. The maximum atomic E-state index is 14.3. The van der Waals surface area contributed by atoms with Crippen molar-refractivity contribution in [3.8, 4) is 5.69 Å². The number of imidazole rings is 1. The van der Waals surface area contributed by atoms with Crippen LogP contribution in [0.1, 0.15) is 23.6 Å². The summed E-state index contributed by atoms with van der Waals surface area (Å²) >= 11 is 0. The molecule has 1 atom stereocenters. The van der Waals surface area contributed by atoms with Gasteiger partial charge in [-0.05, 0) is 31.0 Å². The number of aromatic nitrogens is 5. The smallest absolute Gasteiger partial charge is 0.147 e. The molecular weight excluding hydrogens is 307 g/mol. The summed E-state index contributed by atoms with van der Waals surface area (Å²) in [6, 6.07) is 5.64. The number of rotatable bonds is 4. The third kappa shape index (κ3) is 2.94. The highest BCUT2D eigenvalue weighted by Crippen LogP contribution is 2.16. The lowest BCUT2D eigenvalue weighted by Crippen LogP contribution is -2.37. The van der Waals surface area contributed by atoms with E-state index in [-0.39, 0.29) is 5.82 Å². The van der Waals surface area contributed by atoms with Gasteiger partial charge in [0, 0.05) is 31.4 Å². The largest absolute Gasteiger partial charge is 0.308 e. The average Bonchev–Trinajstić information content (AvgIpc) is 3.21. The topological polar surface area (TPSA) is 60.6 Å².